The van der Waals surface area contributed by atoms with Gasteiger partial charge in [-0.3, -0.25) is 35.5 Å². The van der Waals surface area contributed by atoms with Crippen molar-refractivity contribution in [2.24, 2.45) is 11.7 Å². The third-order valence-corrected chi connectivity index (χ3v) is 5.96. The van der Waals surface area contributed by atoms with E-state index in [2.05, 4.69) is 5.43 Å². The second kappa shape index (κ2) is 18.5. The van der Waals surface area contributed by atoms with Gasteiger partial charge in [-0.05, 0) is 55.3 Å². The quantitative estimate of drug-likeness (QED) is 0.0734. The Kier molecular flexibility index (Phi) is 14.7. The van der Waals surface area contributed by atoms with Crippen LogP contribution < -0.4 is 33.0 Å². The van der Waals surface area contributed by atoms with Crippen molar-refractivity contribution >= 4 is 35.1 Å². The summed E-state index contributed by atoms with van der Waals surface area (Å²) in [4.78, 5) is 45.4. The van der Waals surface area contributed by atoms with E-state index in [1.54, 1.807) is 11.1 Å². The molecule has 0 heterocycles. The number of carbonyl (C=O) groups excluding carboxylic acids is 3. The zero-order valence-corrected chi connectivity index (χ0v) is 22.9. The highest BCUT2D eigenvalue weighted by atomic mass is 16.4. The van der Waals surface area contributed by atoms with E-state index in [0.29, 0.717) is 17.5 Å². The molecule has 0 aliphatic heterocycles. The number of unbranched alkanes of at least 4 members (excludes halogenated alkanes) is 5. The number of aliphatic carboxylic acids is 1. The number of hydrogen-bond acceptors (Lipinski definition) is 7. The lowest BCUT2D eigenvalue weighted by Crippen LogP contribution is -2.36. The number of nitrogens with two attached hydrogens (primary N) is 2. The molecule has 3 rings (SSSR count). The van der Waals surface area contributed by atoms with Gasteiger partial charge < -0.3 is 5.11 Å². The largest absolute Gasteiger partial charge is 0.481 e. The lowest BCUT2D eigenvalue weighted by Gasteiger charge is -2.24. The summed E-state index contributed by atoms with van der Waals surface area (Å²) in [5.41, 5.74) is 9.42. The van der Waals surface area contributed by atoms with Gasteiger partial charge in [0.05, 0.1) is 11.4 Å². The smallest absolute Gasteiger partial charge is 0.303 e. The van der Waals surface area contributed by atoms with Gasteiger partial charge in [-0.1, -0.05) is 68.1 Å². The number of carboxylic acid groups (broad SMARTS) is 1. The fourth-order valence-corrected chi connectivity index (χ4v) is 3.83. The molecule has 3 aromatic carbocycles. The fraction of sp³-hybridized carbons (Fsp3) is 0.267. The molecule has 0 aliphatic rings. The molecular formula is C30H38N6O5. The summed E-state index contributed by atoms with van der Waals surface area (Å²) in [5.74, 6) is 8.26. The first-order valence-corrected chi connectivity index (χ1v) is 13.4. The summed E-state index contributed by atoms with van der Waals surface area (Å²) in [5, 5.41) is 10.2. The van der Waals surface area contributed by atoms with Gasteiger partial charge in [0.1, 0.15) is 0 Å². The Morgan fingerprint density at radius 2 is 1.12 bits per heavy atom. The first-order chi connectivity index (χ1) is 19.8. The lowest BCUT2D eigenvalue weighted by atomic mass is 10.1. The Bertz CT molecular complexity index is 1210. The second-order valence-electron chi connectivity index (χ2n) is 9.09. The first-order valence-electron chi connectivity index (χ1n) is 13.4. The number of anilines is 2. The van der Waals surface area contributed by atoms with E-state index in [1.807, 2.05) is 71.5 Å². The predicted molar refractivity (Wildman–Crippen MR) is 158 cm³/mol. The maximum Gasteiger partial charge on any atom is 0.303 e. The van der Waals surface area contributed by atoms with Crippen LogP contribution >= 0.6 is 0 Å². The van der Waals surface area contributed by atoms with Gasteiger partial charge in [0.2, 0.25) is 5.91 Å². The Balaban J connectivity index is 0.000000353. The molecule has 0 atom stereocenters. The van der Waals surface area contributed by atoms with Crippen LogP contribution in [-0.2, 0) is 9.59 Å². The van der Waals surface area contributed by atoms with E-state index in [4.69, 9.17) is 16.8 Å². The average molecular weight is 563 g/mol. The summed E-state index contributed by atoms with van der Waals surface area (Å²) >= 11 is 0. The monoisotopic (exact) mass is 562 g/mol. The highest BCUT2D eigenvalue weighted by Gasteiger charge is 2.15. The van der Waals surface area contributed by atoms with E-state index >= 15 is 0 Å². The van der Waals surface area contributed by atoms with Crippen molar-refractivity contribution in [3.05, 3.63) is 96.1 Å². The summed E-state index contributed by atoms with van der Waals surface area (Å²) < 4.78 is 0. The zero-order chi connectivity index (χ0) is 29.9. The number of hydrogen-bond donors (Lipinski definition) is 6. The molecule has 3 aromatic rings. The molecular weight excluding hydrogens is 524 g/mol. The lowest BCUT2D eigenvalue weighted by molar-refractivity contribution is -0.137. The molecule has 0 unspecified atom stereocenters. The fourth-order valence-electron chi connectivity index (χ4n) is 3.83. The minimum Gasteiger partial charge on any atom is -0.481 e. The van der Waals surface area contributed by atoms with Crippen LogP contribution in [0, 0.1) is 0 Å². The summed E-state index contributed by atoms with van der Waals surface area (Å²) in [7, 11) is 0. The van der Waals surface area contributed by atoms with Gasteiger partial charge >= 0.3 is 5.97 Å². The number of nitrogens with one attached hydrogen (secondary N) is 3. The molecule has 0 bridgehead atoms. The number of benzene rings is 3. The van der Waals surface area contributed by atoms with E-state index in [9.17, 15) is 19.2 Å². The Morgan fingerprint density at radius 1 is 0.634 bits per heavy atom. The number of nitrogens with zero attached hydrogens (tertiary/aromatic N) is 1. The van der Waals surface area contributed by atoms with E-state index in [-0.39, 0.29) is 12.3 Å². The molecule has 8 N–H and O–H groups in total. The van der Waals surface area contributed by atoms with Crippen LogP contribution in [0.1, 0.15) is 72.1 Å². The minimum absolute atomic E-state index is 0.0379. The van der Waals surface area contributed by atoms with Gasteiger partial charge in [0.15, 0.2) is 0 Å². The summed E-state index contributed by atoms with van der Waals surface area (Å²) in [6.45, 7) is 0. The number of rotatable bonds is 14. The van der Waals surface area contributed by atoms with Crippen LogP contribution in [0.4, 0.5) is 11.4 Å². The van der Waals surface area contributed by atoms with Crippen LogP contribution in [0.25, 0.3) is 0 Å². The van der Waals surface area contributed by atoms with Crippen LogP contribution in [-0.4, -0.2) is 28.8 Å². The average Bonchev–Trinajstić information content (AvgIpc) is 3.01. The molecule has 11 heteroatoms. The summed E-state index contributed by atoms with van der Waals surface area (Å²) in [6, 6.07) is 25.3. The van der Waals surface area contributed by atoms with Crippen molar-refractivity contribution in [1.82, 2.24) is 10.9 Å². The van der Waals surface area contributed by atoms with Crippen LogP contribution in [0.3, 0.4) is 0 Å². The van der Waals surface area contributed by atoms with Gasteiger partial charge in [-0.15, -0.1) is 0 Å². The van der Waals surface area contributed by atoms with Gasteiger partial charge in [0, 0.05) is 24.0 Å². The molecule has 0 saturated heterocycles. The molecule has 41 heavy (non-hydrogen) atoms. The van der Waals surface area contributed by atoms with Gasteiger partial charge in [0.25, 0.3) is 11.8 Å². The Hall–Kier alpha value is -4.74. The molecule has 0 spiro atoms. The summed E-state index contributed by atoms with van der Waals surface area (Å²) in [6.07, 6.45) is 6.25. The van der Waals surface area contributed by atoms with Crippen molar-refractivity contribution in [3.8, 4) is 0 Å². The van der Waals surface area contributed by atoms with E-state index in [0.717, 1.165) is 49.9 Å². The number of carbonyl (C=O) groups is 4. The van der Waals surface area contributed by atoms with Gasteiger partial charge in [-0.25, -0.2) is 16.7 Å². The Morgan fingerprint density at radius 3 is 1.63 bits per heavy atom. The first kappa shape index (κ1) is 32.5. The van der Waals surface area contributed by atoms with E-state index in [1.165, 1.54) is 18.2 Å². The molecule has 0 fully saturated rings. The number of carboxylic acids is 1. The molecule has 0 saturated carbocycles. The number of nitrogen functional groups attached to an aromatic ring is 2. The molecule has 0 radical (unpaired) electrons. The number of para-hydroxylation sites is 2. The maximum atomic E-state index is 12.8. The van der Waals surface area contributed by atoms with Crippen molar-refractivity contribution < 1.29 is 24.3 Å². The maximum absolute atomic E-state index is 12.8. The van der Waals surface area contributed by atoms with Crippen molar-refractivity contribution in [3.63, 3.8) is 0 Å². The third-order valence-electron chi connectivity index (χ3n) is 5.96. The van der Waals surface area contributed by atoms with Crippen LogP contribution in [0.5, 0.6) is 0 Å². The van der Waals surface area contributed by atoms with Crippen molar-refractivity contribution in [2.45, 2.75) is 51.4 Å². The molecule has 218 valence electrons. The highest BCUT2D eigenvalue weighted by Crippen LogP contribution is 2.18. The number of amides is 3. The standard InChI is InChI=1S/C22H28N2O3.C8H10N4O2/c25-21(17-11-3-1-2-4-12-18-22(26)27)24(20-15-9-6-10-16-20)23-19-13-7-5-8-14-19;9-11-7(13)5-2-1-3-6(4-5)8(14)12-10/h5-10,13-16,23H,1-4,11-12,17-18H2,(H,26,27);1-4H,9-10H2,(H,11,13)(H,12,14). The molecule has 0 aromatic heterocycles. The Labute approximate surface area is 239 Å². The predicted octanol–water partition coefficient (Wildman–Crippen LogP) is 4.15. The molecule has 0 aliphatic carbocycles. The van der Waals surface area contributed by atoms with E-state index < -0.39 is 17.8 Å². The number of hydrazine groups is 3. The minimum atomic E-state index is -0.729. The SMILES string of the molecule is NNC(=O)c1cccc(C(=O)NN)c1.O=C(O)CCCCCCCCC(=O)N(Nc1ccccc1)c1ccccc1. The van der Waals surface area contributed by atoms with Crippen molar-refractivity contribution in [1.29, 1.82) is 0 Å². The van der Waals surface area contributed by atoms with Crippen LogP contribution in [0.15, 0.2) is 84.9 Å². The normalized spacial score (nSPS) is 10.0. The van der Waals surface area contributed by atoms with Crippen molar-refractivity contribution in [2.75, 3.05) is 10.4 Å². The van der Waals surface area contributed by atoms with Crippen LogP contribution in [0.2, 0.25) is 0 Å². The molecule has 3 amide bonds. The second-order valence-corrected chi connectivity index (χ2v) is 9.09. The third kappa shape index (κ3) is 12.3. The topological polar surface area (TPSA) is 180 Å². The highest BCUT2D eigenvalue weighted by molar-refractivity contribution is 5.99. The zero-order valence-electron chi connectivity index (χ0n) is 22.9. The molecule has 11 nitrogen and oxygen atoms in total. The van der Waals surface area contributed by atoms with Gasteiger partial charge in [-0.2, -0.15) is 0 Å².